The van der Waals surface area contributed by atoms with Crippen LogP contribution in [0.3, 0.4) is 0 Å². The van der Waals surface area contributed by atoms with E-state index in [1.807, 2.05) is 18.2 Å². The third-order valence-corrected chi connectivity index (χ3v) is 4.06. The predicted octanol–water partition coefficient (Wildman–Crippen LogP) is 3.97. The number of rotatable bonds is 4. The number of hydrogen-bond acceptors (Lipinski definition) is 4. The minimum Gasteiger partial charge on any atom is -0.373 e. The second-order valence-electron chi connectivity index (χ2n) is 5.32. The predicted molar refractivity (Wildman–Crippen MR) is 82.5 cm³/mol. The number of pyridine rings is 1. The first-order valence-corrected chi connectivity index (χ1v) is 7.12. The highest BCUT2D eigenvalue weighted by Crippen LogP contribution is 2.38. The summed E-state index contributed by atoms with van der Waals surface area (Å²) in [6, 6.07) is 11.1. The topological polar surface area (TPSA) is 68.1 Å². The van der Waals surface area contributed by atoms with E-state index in [-0.39, 0.29) is 10.6 Å². The normalized spacial score (nSPS) is 14.5. The van der Waals surface area contributed by atoms with E-state index in [4.69, 9.17) is 0 Å². The van der Waals surface area contributed by atoms with Gasteiger partial charge in [-0.15, -0.1) is 0 Å². The average molecular weight is 283 g/mol. The van der Waals surface area contributed by atoms with E-state index in [1.54, 1.807) is 13.1 Å². The molecular weight excluding hydrogens is 266 g/mol. The number of anilines is 1. The molecule has 5 nitrogen and oxygen atoms in total. The van der Waals surface area contributed by atoms with Crippen molar-refractivity contribution >= 4 is 11.5 Å². The Morgan fingerprint density at radius 1 is 1.29 bits per heavy atom. The molecule has 5 heteroatoms. The molecule has 1 fully saturated rings. The molecule has 1 aromatic carbocycles. The fourth-order valence-corrected chi connectivity index (χ4v) is 2.63. The van der Waals surface area contributed by atoms with Crippen LogP contribution in [0.1, 0.15) is 30.7 Å². The maximum atomic E-state index is 11.2. The molecule has 1 N–H and O–H groups in total. The van der Waals surface area contributed by atoms with Gasteiger partial charge in [-0.05, 0) is 36.5 Å². The molecule has 1 aliphatic rings. The summed E-state index contributed by atoms with van der Waals surface area (Å²) in [5, 5.41) is 14.2. The van der Waals surface area contributed by atoms with E-state index in [0.29, 0.717) is 17.4 Å². The van der Waals surface area contributed by atoms with Gasteiger partial charge in [0.1, 0.15) is 5.82 Å². The van der Waals surface area contributed by atoms with Crippen molar-refractivity contribution in [2.75, 3.05) is 12.4 Å². The van der Waals surface area contributed by atoms with Crippen molar-refractivity contribution in [1.29, 1.82) is 0 Å². The molecule has 1 aromatic heterocycles. The van der Waals surface area contributed by atoms with Crippen LogP contribution in [0.5, 0.6) is 0 Å². The highest BCUT2D eigenvalue weighted by molar-refractivity contribution is 5.72. The molecule has 21 heavy (non-hydrogen) atoms. The molecule has 2 aromatic rings. The van der Waals surface area contributed by atoms with Crippen LogP contribution in [0.25, 0.3) is 11.3 Å². The SMILES string of the molecule is CNc1ccc([N+](=O)[O-])c(-c2cccc(C3CCC3)c2)n1. The molecule has 3 rings (SSSR count). The third kappa shape index (κ3) is 2.59. The number of nitro groups is 1. The van der Waals surface area contributed by atoms with Gasteiger partial charge in [0, 0.05) is 18.7 Å². The molecule has 0 saturated heterocycles. The minimum absolute atomic E-state index is 0.0414. The van der Waals surface area contributed by atoms with E-state index in [1.165, 1.54) is 30.9 Å². The van der Waals surface area contributed by atoms with Gasteiger partial charge in [0.2, 0.25) is 0 Å². The Morgan fingerprint density at radius 2 is 2.10 bits per heavy atom. The Labute approximate surface area is 123 Å². The van der Waals surface area contributed by atoms with Crippen molar-refractivity contribution in [2.45, 2.75) is 25.2 Å². The number of hydrogen-bond donors (Lipinski definition) is 1. The summed E-state index contributed by atoms with van der Waals surface area (Å²) in [5.41, 5.74) is 2.53. The van der Waals surface area contributed by atoms with E-state index in [0.717, 1.165) is 5.56 Å². The van der Waals surface area contributed by atoms with Crippen LogP contribution in [0.15, 0.2) is 36.4 Å². The monoisotopic (exact) mass is 283 g/mol. The first-order chi connectivity index (χ1) is 10.2. The van der Waals surface area contributed by atoms with Gasteiger partial charge in [0.15, 0.2) is 5.69 Å². The Morgan fingerprint density at radius 3 is 2.71 bits per heavy atom. The summed E-state index contributed by atoms with van der Waals surface area (Å²) >= 11 is 0. The standard InChI is InChI=1S/C16H17N3O2/c1-17-15-9-8-14(19(20)21)16(18-15)13-7-3-6-12(10-13)11-4-2-5-11/h3,6-11H,2,4-5H2,1H3,(H,17,18). The molecule has 0 bridgehead atoms. The first-order valence-electron chi connectivity index (χ1n) is 7.12. The van der Waals surface area contributed by atoms with E-state index < -0.39 is 0 Å². The van der Waals surface area contributed by atoms with Crippen LogP contribution >= 0.6 is 0 Å². The van der Waals surface area contributed by atoms with Crippen molar-refractivity contribution in [3.8, 4) is 11.3 Å². The summed E-state index contributed by atoms with van der Waals surface area (Å²) in [6.45, 7) is 0. The Hall–Kier alpha value is -2.43. The number of nitrogens with one attached hydrogen (secondary N) is 1. The molecule has 1 saturated carbocycles. The number of aromatic nitrogens is 1. The third-order valence-electron chi connectivity index (χ3n) is 4.06. The van der Waals surface area contributed by atoms with E-state index >= 15 is 0 Å². The largest absolute Gasteiger partial charge is 0.373 e. The van der Waals surface area contributed by atoms with Crippen LogP contribution in [-0.4, -0.2) is 17.0 Å². The van der Waals surface area contributed by atoms with Gasteiger partial charge in [-0.1, -0.05) is 24.6 Å². The van der Waals surface area contributed by atoms with Gasteiger partial charge in [-0.3, -0.25) is 10.1 Å². The summed E-state index contributed by atoms with van der Waals surface area (Å²) in [4.78, 5) is 15.2. The molecule has 0 aliphatic heterocycles. The van der Waals surface area contributed by atoms with Gasteiger partial charge in [0.05, 0.1) is 4.92 Å². The fraction of sp³-hybridized carbons (Fsp3) is 0.312. The van der Waals surface area contributed by atoms with Gasteiger partial charge < -0.3 is 5.32 Å². The summed E-state index contributed by atoms with van der Waals surface area (Å²) in [6.07, 6.45) is 3.67. The minimum atomic E-state index is -0.377. The second-order valence-corrected chi connectivity index (χ2v) is 5.32. The molecular formula is C16H17N3O2. The van der Waals surface area contributed by atoms with Crippen molar-refractivity contribution in [3.63, 3.8) is 0 Å². The van der Waals surface area contributed by atoms with Crippen molar-refractivity contribution in [1.82, 2.24) is 4.98 Å². The number of benzene rings is 1. The average Bonchev–Trinajstić information content (AvgIpc) is 2.45. The molecule has 0 amide bonds. The zero-order chi connectivity index (χ0) is 14.8. The van der Waals surface area contributed by atoms with Gasteiger partial charge in [-0.2, -0.15) is 0 Å². The molecule has 0 spiro atoms. The highest BCUT2D eigenvalue weighted by Gasteiger charge is 2.22. The molecule has 0 radical (unpaired) electrons. The second kappa shape index (κ2) is 5.52. The lowest BCUT2D eigenvalue weighted by atomic mass is 9.79. The van der Waals surface area contributed by atoms with Crippen LogP contribution in [0.4, 0.5) is 11.5 Å². The zero-order valence-electron chi connectivity index (χ0n) is 11.9. The Bertz CT molecular complexity index is 681. The smallest absolute Gasteiger partial charge is 0.295 e. The van der Waals surface area contributed by atoms with E-state index in [2.05, 4.69) is 16.4 Å². The molecule has 1 aliphatic carbocycles. The van der Waals surface area contributed by atoms with Crippen molar-refractivity contribution in [2.24, 2.45) is 0 Å². The maximum absolute atomic E-state index is 11.2. The molecule has 0 unspecified atom stereocenters. The maximum Gasteiger partial charge on any atom is 0.295 e. The van der Waals surface area contributed by atoms with Crippen LogP contribution in [0.2, 0.25) is 0 Å². The van der Waals surface area contributed by atoms with Gasteiger partial charge >= 0.3 is 0 Å². The quantitative estimate of drug-likeness (QED) is 0.681. The lowest BCUT2D eigenvalue weighted by Gasteiger charge is -2.26. The lowest BCUT2D eigenvalue weighted by molar-refractivity contribution is -0.384. The van der Waals surface area contributed by atoms with Crippen molar-refractivity contribution in [3.05, 3.63) is 52.1 Å². The molecule has 108 valence electrons. The van der Waals surface area contributed by atoms with Crippen LogP contribution < -0.4 is 5.32 Å². The number of nitrogens with zero attached hydrogens (tertiary/aromatic N) is 2. The van der Waals surface area contributed by atoms with Crippen molar-refractivity contribution < 1.29 is 4.92 Å². The summed E-state index contributed by atoms with van der Waals surface area (Å²) < 4.78 is 0. The summed E-state index contributed by atoms with van der Waals surface area (Å²) in [7, 11) is 1.75. The highest BCUT2D eigenvalue weighted by atomic mass is 16.6. The first kappa shape index (κ1) is 13.5. The molecule has 0 atom stereocenters. The zero-order valence-corrected chi connectivity index (χ0v) is 11.9. The lowest BCUT2D eigenvalue weighted by Crippen LogP contribution is -2.08. The van der Waals surface area contributed by atoms with Gasteiger partial charge in [-0.25, -0.2) is 4.98 Å². The van der Waals surface area contributed by atoms with Crippen LogP contribution in [0, 0.1) is 10.1 Å². The fourth-order valence-electron chi connectivity index (χ4n) is 2.63. The molecule has 1 heterocycles. The summed E-state index contributed by atoms with van der Waals surface area (Å²) in [5.74, 6) is 1.22. The Balaban J connectivity index is 2.07. The van der Waals surface area contributed by atoms with Crippen LogP contribution in [-0.2, 0) is 0 Å². The van der Waals surface area contributed by atoms with Gasteiger partial charge in [0.25, 0.3) is 5.69 Å². The van der Waals surface area contributed by atoms with E-state index in [9.17, 15) is 10.1 Å². The Kier molecular flexibility index (Phi) is 3.56.